The lowest BCUT2D eigenvalue weighted by molar-refractivity contribution is -0.152. The van der Waals surface area contributed by atoms with Crippen LogP contribution in [0.1, 0.15) is 37.0 Å². The van der Waals surface area contributed by atoms with Gasteiger partial charge in [-0.25, -0.2) is 0 Å². The van der Waals surface area contributed by atoms with Crippen molar-refractivity contribution in [1.82, 2.24) is 4.90 Å². The number of rotatable bonds is 5. The molecule has 1 N–H and O–H groups in total. The number of carboxylic acids is 1. The molecule has 1 aromatic heterocycles. The summed E-state index contributed by atoms with van der Waals surface area (Å²) in [5, 5.41) is 9.56. The minimum absolute atomic E-state index is 0.548. The molecule has 1 aromatic rings. The normalized spacial score (nSPS) is 18.7. The molecule has 106 valence electrons. The van der Waals surface area contributed by atoms with Gasteiger partial charge in [0.2, 0.25) is 0 Å². The van der Waals surface area contributed by atoms with Gasteiger partial charge in [-0.15, -0.1) is 11.3 Å². The number of aliphatic carboxylic acids is 1. The first-order valence-electron chi connectivity index (χ1n) is 6.68. The average molecular weight is 302 g/mol. The molecular weight excluding hydrogens is 282 g/mol. The van der Waals surface area contributed by atoms with Gasteiger partial charge < -0.3 is 10.0 Å². The van der Waals surface area contributed by atoms with E-state index in [0.717, 1.165) is 36.6 Å². The molecular formula is C14H20ClNO2S. The van der Waals surface area contributed by atoms with E-state index >= 15 is 0 Å². The maximum Gasteiger partial charge on any atom is 0.310 e. The van der Waals surface area contributed by atoms with Crippen molar-refractivity contribution in [1.29, 1.82) is 0 Å². The van der Waals surface area contributed by atoms with Gasteiger partial charge >= 0.3 is 5.97 Å². The third kappa shape index (κ3) is 3.71. The van der Waals surface area contributed by atoms with Crippen LogP contribution >= 0.6 is 22.9 Å². The Morgan fingerprint density at radius 3 is 2.63 bits per heavy atom. The predicted molar refractivity (Wildman–Crippen MR) is 78.8 cm³/mol. The summed E-state index contributed by atoms with van der Waals surface area (Å²) in [6.45, 7) is 1.39. The molecule has 0 aliphatic heterocycles. The molecule has 1 fully saturated rings. The van der Waals surface area contributed by atoms with Crippen molar-refractivity contribution in [3.05, 3.63) is 21.3 Å². The fraction of sp³-hybridized carbons (Fsp3) is 0.643. The van der Waals surface area contributed by atoms with Gasteiger partial charge in [-0.3, -0.25) is 4.79 Å². The van der Waals surface area contributed by atoms with E-state index in [9.17, 15) is 9.90 Å². The van der Waals surface area contributed by atoms with E-state index in [4.69, 9.17) is 11.6 Å². The summed E-state index contributed by atoms with van der Waals surface area (Å²) in [6.07, 6.45) is 4.84. The molecule has 0 atom stereocenters. The van der Waals surface area contributed by atoms with Crippen molar-refractivity contribution in [3.63, 3.8) is 0 Å². The van der Waals surface area contributed by atoms with Crippen molar-refractivity contribution in [2.45, 2.75) is 38.6 Å². The highest BCUT2D eigenvalue weighted by Gasteiger charge is 2.40. The minimum atomic E-state index is -0.636. The zero-order valence-electron chi connectivity index (χ0n) is 11.2. The molecule has 0 aromatic carbocycles. The van der Waals surface area contributed by atoms with E-state index in [-0.39, 0.29) is 0 Å². The summed E-state index contributed by atoms with van der Waals surface area (Å²) in [4.78, 5) is 14.9. The lowest BCUT2D eigenvalue weighted by Gasteiger charge is -2.36. The quantitative estimate of drug-likeness (QED) is 0.897. The van der Waals surface area contributed by atoms with Crippen LogP contribution < -0.4 is 0 Å². The SMILES string of the molecule is CN(Cc1ccc(Cl)s1)CC1(C(=O)O)CCCCC1. The highest BCUT2D eigenvalue weighted by atomic mass is 35.5. The third-order valence-corrected chi connectivity index (χ3v) is 5.11. The Balaban J connectivity index is 1.98. The summed E-state index contributed by atoms with van der Waals surface area (Å²) in [5.41, 5.74) is -0.548. The van der Waals surface area contributed by atoms with Crippen molar-refractivity contribution in [3.8, 4) is 0 Å². The van der Waals surface area contributed by atoms with Crippen LogP contribution in [0.2, 0.25) is 4.34 Å². The molecule has 0 bridgehead atoms. The van der Waals surface area contributed by atoms with Gasteiger partial charge in [-0.2, -0.15) is 0 Å². The fourth-order valence-corrected chi connectivity index (χ4v) is 4.11. The number of hydrogen-bond acceptors (Lipinski definition) is 3. The first-order chi connectivity index (χ1) is 9.02. The Kier molecular flexibility index (Phi) is 4.87. The highest BCUT2D eigenvalue weighted by molar-refractivity contribution is 7.16. The van der Waals surface area contributed by atoms with Crippen LogP contribution in [0.5, 0.6) is 0 Å². The van der Waals surface area contributed by atoms with Gasteiger partial charge in [0.25, 0.3) is 0 Å². The van der Waals surface area contributed by atoms with Crippen LogP contribution in [0.25, 0.3) is 0 Å². The smallest absolute Gasteiger partial charge is 0.310 e. The molecule has 5 heteroatoms. The number of carbonyl (C=O) groups is 1. The van der Waals surface area contributed by atoms with E-state index in [1.165, 1.54) is 11.3 Å². The Hall–Kier alpha value is -0.580. The van der Waals surface area contributed by atoms with Gasteiger partial charge in [0.15, 0.2) is 0 Å². The Bertz CT molecular complexity index is 440. The topological polar surface area (TPSA) is 40.5 Å². The summed E-state index contributed by atoms with van der Waals surface area (Å²) in [6, 6.07) is 3.90. The molecule has 0 radical (unpaired) electrons. The first-order valence-corrected chi connectivity index (χ1v) is 7.87. The summed E-state index contributed by atoms with van der Waals surface area (Å²) < 4.78 is 0.786. The van der Waals surface area contributed by atoms with Crippen LogP contribution in [0.3, 0.4) is 0 Å². The van der Waals surface area contributed by atoms with Crippen LogP contribution in [0, 0.1) is 5.41 Å². The number of thiophene rings is 1. The summed E-state index contributed by atoms with van der Waals surface area (Å²) in [7, 11) is 1.99. The van der Waals surface area contributed by atoms with E-state index in [0.29, 0.717) is 6.54 Å². The minimum Gasteiger partial charge on any atom is -0.481 e. The molecule has 19 heavy (non-hydrogen) atoms. The fourth-order valence-electron chi connectivity index (χ4n) is 2.94. The largest absolute Gasteiger partial charge is 0.481 e. The number of carboxylic acid groups (broad SMARTS) is 1. The molecule has 3 nitrogen and oxygen atoms in total. The Labute approximate surface area is 123 Å². The van der Waals surface area contributed by atoms with Crippen LogP contribution in [0.4, 0.5) is 0 Å². The second-order valence-corrected chi connectivity index (χ2v) is 7.32. The zero-order chi connectivity index (χ0) is 13.9. The van der Waals surface area contributed by atoms with Crippen molar-refractivity contribution < 1.29 is 9.90 Å². The Morgan fingerprint density at radius 1 is 1.42 bits per heavy atom. The van der Waals surface area contributed by atoms with Crippen molar-refractivity contribution in [2.24, 2.45) is 5.41 Å². The van der Waals surface area contributed by atoms with E-state index in [1.54, 1.807) is 11.3 Å². The lowest BCUT2D eigenvalue weighted by atomic mass is 9.73. The second-order valence-electron chi connectivity index (χ2n) is 5.52. The summed E-state index contributed by atoms with van der Waals surface area (Å²) >= 11 is 7.48. The monoisotopic (exact) mass is 301 g/mol. The lowest BCUT2D eigenvalue weighted by Crippen LogP contribution is -2.43. The first kappa shape index (κ1) is 14.8. The van der Waals surface area contributed by atoms with Gasteiger partial charge in [-0.1, -0.05) is 30.9 Å². The van der Waals surface area contributed by atoms with Crippen LogP contribution in [-0.2, 0) is 11.3 Å². The Morgan fingerprint density at radius 2 is 2.11 bits per heavy atom. The van der Waals surface area contributed by atoms with E-state index < -0.39 is 11.4 Å². The van der Waals surface area contributed by atoms with Crippen LogP contribution in [-0.4, -0.2) is 29.6 Å². The molecule has 0 unspecified atom stereocenters. The maximum atomic E-state index is 11.6. The average Bonchev–Trinajstić information content (AvgIpc) is 2.75. The van der Waals surface area contributed by atoms with Crippen molar-refractivity contribution >= 4 is 28.9 Å². The maximum absolute atomic E-state index is 11.6. The second kappa shape index (κ2) is 6.25. The molecule has 1 aliphatic rings. The molecule has 0 spiro atoms. The highest BCUT2D eigenvalue weighted by Crippen LogP contribution is 2.37. The number of nitrogens with zero attached hydrogens (tertiary/aromatic N) is 1. The van der Waals surface area contributed by atoms with E-state index in [2.05, 4.69) is 4.90 Å². The van der Waals surface area contributed by atoms with Gasteiger partial charge in [0.1, 0.15) is 0 Å². The van der Waals surface area contributed by atoms with Gasteiger partial charge in [-0.05, 0) is 32.0 Å². The third-order valence-electron chi connectivity index (χ3n) is 3.89. The standard InChI is InChI=1S/C14H20ClNO2S/c1-16(9-11-5-6-12(15)19-11)10-14(13(17)18)7-3-2-4-8-14/h5-6H,2-4,7-10H2,1H3,(H,17,18). The van der Waals surface area contributed by atoms with Gasteiger partial charge in [0, 0.05) is 18.0 Å². The van der Waals surface area contributed by atoms with Crippen molar-refractivity contribution in [2.75, 3.05) is 13.6 Å². The molecule has 1 heterocycles. The molecule has 1 aliphatic carbocycles. The number of halogens is 1. The zero-order valence-corrected chi connectivity index (χ0v) is 12.8. The van der Waals surface area contributed by atoms with Gasteiger partial charge in [0.05, 0.1) is 9.75 Å². The van der Waals surface area contributed by atoms with Crippen LogP contribution in [0.15, 0.2) is 12.1 Å². The number of hydrogen-bond donors (Lipinski definition) is 1. The molecule has 0 saturated heterocycles. The molecule has 1 saturated carbocycles. The molecule has 2 rings (SSSR count). The predicted octanol–water partition coefficient (Wildman–Crippen LogP) is 3.87. The van der Waals surface area contributed by atoms with E-state index in [1.807, 2.05) is 19.2 Å². The summed E-state index contributed by atoms with van der Waals surface area (Å²) in [5.74, 6) is -0.636. The molecule has 0 amide bonds.